The Morgan fingerprint density at radius 2 is 1.94 bits per heavy atom. The van der Waals surface area contributed by atoms with Gasteiger partial charge in [0.15, 0.2) is 0 Å². The van der Waals surface area contributed by atoms with Crippen molar-refractivity contribution >= 4 is 11.7 Å². The third kappa shape index (κ3) is 3.41. The lowest BCUT2D eigenvalue weighted by molar-refractivity contribution is 0.552. The Balaban J connectivity index is 1.39. The van der Waals surface area contributed by atoms with Gasteiger partial charge in [-0.15, -0.1) is 5.10 Å². The van der Waals surface area contributed by atoms with Gasteiger partial charge in [-0.25, -0.2) is 4.98 Å². The van der Waals surface area contributed by atoms with Crippen molar-refractivity contribution < 1.29 is 4.42 Å². The van der Waals surface area contributed by atoms with Crippen LogP contribution >= 0.6 is 0 Å². The molecule has 0 amide bonds. The highest BCUT2D eigenvalue weighted by atomic mass is 16.4. The summed E-state index contributed by atoms with van der Waals surface area (Å²) in [6, 6.07) is 6.56. The van der Waals surface area contributed by atoms with Gasteiger partial charge in [-0.05, 0) is 44.0 Å². The van der Waals surface area contributed by atoms with Crippen molar-refractivity contribution in [1.82, 2.24) is 34.3 Å². The molecule has 9 nitrogen and oxygen atoms in total. The third-order valence-corrected chi connectivity index (χ3v) is 5.69. The molecular formula is C23H24N8O. The van der Waals surface area contributed by atoms with E-state index in [1.165, 1.54) is 0 Å². The Bertz CT molecular complexity index is 1430. The molecule has 0 spiro atoms. The lowest BCUT2D eigenvalue weighted by atomic mass is 10.0. The molecule has 0 saturated carbocycles. The number of hydrogen-bond donors (Lipinski definition) is 0. The summed E-state index contributed by atoms with van der Waals surface area (Å²) in [7, 11) is 3.87. The fourth-order valence-electron chi connectivity index (χ4n) is 3.99. The van der Waals surface area contributed by atoms with Crippen molar-refractivity contribution in [1.29, 1.82) is 0 Å². The highest BCUT2D eigenvalue weighted by Gasteiger charge is 2.18. The van der Waals surface area contributed by atoms with E-state index in [1.54, 1.807) is 6.20 Å². The first-order chi connectivity index (χ1) is 15.4. The molecule has 0 aromatic carbocycles. The minimum absolute atomic E-state index is 0.403. The normalized spacial score (nSPS) is 11.4. The minimum atomic E-state index is 0.403. The van der Waals surface area contributed by atoms with E-state index in [0.717, 1.165) is 39.3 Å². The van der Waals surface area contributed by atoms with E-state index >= 15 is 0 Å². The molecule has 0 saturated heterocycles. The van der Waals surface area contributed by atoms with Gasteiger partial charge in [-0.1, -0.05) is 11.2 Å². The van der Waals surface area contributed by atoms with Crippen LogP contribution in [0.3, 0.4) is 0 Å². The van der Waals surface area contributed by atoms with Gasteiger partial charge in [0, 0.05) is 62.2 Å². The molecular weight excluding hydrogens is 404 g/mol. The van der Waals surface area contributed by atoms with Crippen LogP contribution in [0, 0.1) is 20.8 Å². The van der Waals surface area contributed by atoms with Crippen LogP contribution in [-0.4, -0.2) is 41.4 Å². The Hall–Kier alpha value is -4.01. The smallest absolute Gasteiger partial charge is 0.318 e. The van der Waals surface area contributed by atoms with E-state index in [0.29, 0.717) is 24.1 Å². The predicted octanol–water partition coefficient (Wildman–Crippen LogP) is 3.74. The maximum Gasteiger partial charge on any atom is 0.318 e. The standard InChI is InChI=1S/C23H24N8O/c1-14-10-18(20-15(2)28-30(5)16(20)3)11-25-21(14)22-26-27-23(32-22)29(4)12-17-6-7-19-24-8-9-31(19)13-17/h6-11,13H,12H2,1-5H3. The van der Waals surface area contributed by atoms with Gasteiger partial charge in [-0.2, -0.15) is 5.10 Å². The first kappa shape index (κ1) is 19.9. The number of hydrogen-bond acceptors (Lipinski definition) is 7. The van der Waals surface area contributed by atoms with Crippen molar-refractivity contribution in [3.63, 3.8) is 0 Å². The second kappa shape index (κ2) is 7.60. The van der Waals surface area contributed by atoms with Gasteiger partial charge >= 0.3 is 6.01 Å². The maximum atomic E-state index is 5.96. The average Bonchev–Trinajstić information content (AvgIpc) is 3.48. The van der Waals surface area contributed by atoms with Gasteiger partial charge in [0.2, 0.25) is 0 Å². The Kier molecular flexibility index (Phi) is 4.73. The topological polar surface area (TPSA) is 90.2 Å². The molecule has 0 aliphatic rings. The van der Waals surface area contributed by atoms with Crippen LogP contribution in [0.1, 0.15) is 22.5 Å². The molecule has 0 atom stereocenters. The third-order valence-electron chi connectivity index (χ3n) is 5.69. The molecule has 0 fully saturated rings. The SMILES string of the molecule is Cc1cc(-c2c(C)nn(C)c2C)cnc1-c1nnc(N(C)Cc2ccc3nccn3c2)o1. The Morgan fingerprint density at radius 3 is 2.69 bits per heavy atom. The molecule has 0 bridgehead atoms. The minimum Gasteiger partial charge on any atom is -0.402 e. The zero-order valence-corrected chi connectivity index (χ0v) is 18.7. The molecule has 5 aromatic heterocycles. The van der Waals surface area contributed by atoms with Gasteiger partial charge in [0.25, 0.3) is 5.89 Å². The fraction of sp³-hybridized carbons (Fsp3) is 0.261. The lowest BCUT2D eigenvalue weighted by Gasteiger charge is -2.14. The van der Waals surface area contributed by atoms with Crippen LogP contribution in [0.2, 0.25) is 0 Å². The molecule has 162 valence electrons. The Morgan fingerprint density at radius 1 is 1.09 bits per heavy atom. The van der Waals surface area contributed by atoms with E-state index < -0.39 is 0 Å². The number of pyridine rings is 2. The molecule has 0 N–H and O–H groups in total. The predicted molar refractivity (Wildman–Crippen MR) is 121 cm³/mol. The molecule has 0 aliphatic heterocycles. The molecule has 5 rings (SSSR count). The summed E-state index contributed by atoms with van der Waals surface area (Å²) in [6.07, 6.45) is 7.59. The molecule has 5 aromatic rings. The van der Waals surface area contributed by atoms with Crippen LogP contribution in [0.25, 0.3) is 28.4 Å². The monoisotopic (exact) mass is 428 g/mol. The second-order valence-electron chi connectivity index (χ2n) is 8.03. The number of aryl methyl sites for hydroxylation is 3. The fourth-order valence-corrected chi connectivity index (χ4v) is 3.99. The molecule has 9 heteroatoms. The summed E-state index contributed by atoms with van der Waals surface area (Å²) in [5.41, 5.74) is 7.89. The summed E-state index contributed by atoms with van der Waals surface area (Å²) in [6.45, 7) is 6.70. The summed E-state index contributed by atoms with van der Waals surface area (Å²) in [5, 5.41) is 13.0. The van der Waals surface area contributed by atoms with Crippen LogP contribution in [0.15, 0.2) is 47.4 Å². The van der Waals surface area contributed by atoms with E-state index in [1.807, 2.05) is 72.6 Å². The van der Waals surface area contributed by atoms with Crippen molar-refractivity contribution in [3.05, 3.63) is 65.5 Å². The van der Waals surface area contributed by atoms with Crippen LogP contribution in [0.5, 0.6) is 0 Å². The molecule has 0 radical (unpaired) electrons. The number of imidazole rings is 1. The van der Waals surface area contributed by atoms with Crippen LogP contribution < -0.4 is 4.90 Å². The van der Waals surface area contributed by atoms with Crippen LogP contribution in [-0.2, 0) is 13.6 Å². The number of rotatable bonds is 5. The molecule has 0 unspecified atom stereocenters. The number of nitrogens with zero attached hydrogens (tertiary/aromatic N) is 8. The zero-order chi connectivity index (χ0) is 22.4. The summed E-state index contributed by atoms with van der Waals surface area (Å²) >= 11 is 0. The van der Waals surface area contributed by atoms with Crippen LogP contribution in [0.4, 0.5) is 6.01 Å². The highest BCUT2D eigenvalue weighted by molar-refractivity contribution is 5.70. The number of anilines is 1. The van der Waals surface area contributed by atoms with Gasteiger partial charge in [0.1, 0.15) is 11.3 Å². The quantitative estimate of drug-likeness (QED) is 0.421. The molecule has 5 heterocycles. The average molecular weight is 429 g/mol. The Labute approximate surface area is 185 Å². The summed E-state index contributed by atoms with van der Waals surface area (Å²) < 4.78 is 9.84. The van der Waals surface area contributed by atoms with Gasteiger partial charge in [-0.3, -0.25) is 9.67 Å². The number of aromatic nitrogens is 7. The second-order valence-corrected chi connectivity index (χ2v) is 8.03. The van der Waals surface area contributed by atoms with Gasteiger partial charge in [0.05, 0.1) is 5.69 Å². The highest BCUT2D eigenvalue weighted by Crippen LogP contribution is 2.30. The summed E-state index contributed by atoms with van der Waals surface area (Å²) in [5.74, 6) is 0.403. The van der Waals surface area contributed by atoms with E-state index in [9.17, 15) is 0 Å². The lowest BCUT2D eigenvalue weighted by Crippen LogP contribution is -2.17. The number of fused-ring (bicyclic) bond motifs is 1. The first-order valence-corrected chi connectivity index (χ1v) is 10.3. The summed E-state index contributed by atoms with van der Waals surface area (Å²) in [4.78, 5) is 10.8. The van der Waals surface area contributed by atoms with E-state index in [4.69, 9.17) is 4.42 Å². The van der Waals surface area contributed by atoms with Crippen molar-refractivity contribution in [2.45, 2.75) is 27.3 Å². The molecule has 32 heavy (non-hydrogen) atoms. The van der Waals surface area contributed by atoms with Crippen molar-refractivity contribution in [3.8, 4) is 22.7 Å². The molecule has 0 aliphatic carbocycles. The van der Waals surface area contributed by atoms with Crippen molar-refractivity contribution in [2.24, 2.45) is 7.05 Å². The zero-order valence-electron chi connectivity index (χ0n) is 18.7. The largest absolute Gasteiger partial charge is 0.402 e. The van der Waals surface area contributed by atoms with E-state index in [2.05, 4.69) is 38.3 Å². The van der Waals surface area contributed by atoms with Crippen molar-refractivity contribution in [2.75, 3.05) is 11.9 Å². The maximum absolute atomic E-state index is 5.96. The first-order valence-electron chi connectivity index (χ1n) is 10.3. The van der Waals surface area contributed by atoms with Gasteiger partial charge < -0.3 is 13.7 Å². The van der Waals surface area contributed by atoms with E-state index in [-0.39, 0.29) is 0 Å².